The zero-order chi connectivity index (χ0) is 7.56. The molecule has 58 valence electrons. The summed E-state index contributed by atoms with van der Waals surface area (Å²) in [6, 6.07) is 0. The Morgan fingerprint density at radius 3 is 2.90 bits per heavy atom. The lowest BCUT2D eigenvalue weighted by Gasteiger charge is -2.16. The highest BCUT2D eigenvalue weighted by molar-refractivity contribution is 5.01. The molecule has 10 heavy (non-hydrogen) atoms. The summed E-state index contributed by atoms with van der Waals surface area (Å²) in [7, 11) is 0. The van der Waals surface area contributed by atoms with Gasteiger partial charge in [0.05, 0.1) is 6.10 Å². The molecule has 0 amide bonds. The topological polar surface area (TPSA) is 29.5 Å². The molecule has 2 heteroatoms. The molecule has 0 bridgehead atoms. The van der Waals surface area contributed by atoms with Crippen molar-refractivity contribution in [3.63, 3.8) is 0 Å². The van der Waals surface area contributed by atoms with Crippen LogP contribution in [0.5, 0.6) is 0 Å². The van der Waals surface area contributed by atoms with Gasteiger partial charge in [0.25, 0.3) is 0 Å². The average Bonchev–Trinajstić information content (AvgIpc) is 2.36. The minimum absolute atomic E-state index is 0.0116. The van der Waals surface area contributed by atoms with Crippen molar-refractivity contribution in [2.75, 3.05) is 6.61 Å². The molecule has 0 radical (unpaired) electrons. The van der Waals surface area contributed by atoms with Gasteiger partial charge in [-0.3, -0.25) is 0 Å². The maximum absolute atomic E-state index is 9.40. The molecule has 0 saturated carbocycles. The summed E-state index contributed by atoms with van der Waals surface area (Å²) in [6.45, 7) is 6.28. The molecule has 0 aromatic carbocycles. The number of hydrogen-bond donors (Lipinski definition) is 1. The number of ether oxygens (including phenoxy) is 1. The predicted octanol–water partition coefficient (Wildman–Crippen LogP) is 1.10. The van der Waals surface area contributed by atoms with Gasteiger partial charge in [-0.25, -0.2) is 0 Å². The van der Waals surface area contributed by atoms with E-state index in [1.54, 1.807) is 0 Å². The van der Waals surface area contributed by atoms with E-state index < -0.39 is 6.10 Å². The molecule has 0 aromatic rings. The molecule has 1 aliphatic rings. The van der Waals surface area contributed by atoms with Crippen LogP contribution in [0.4, 0.5) is 0 Å². The van der Waals surface area contributed by atoms with Gasteiger partial charge in [0.1, 0.15) is 6.10 Å². The molecule has 2 nitrogen and oxygen atoms in total. The molecule has 0 aliphatic carbocycles. The summed E-state index contributed by atoms with van der Waals surface area (Å²) in [4.78, 5) is 0. The van der Waals surface area contributed by atoms with Crippen LogP contribution in [-0.4, -0.2) is 23.9 Å². The van der Waals surface area contributed by atoms with Gasteiger partial charge in [-0.05, 0) is 25.3 Å². The summed E-state index contributed by atoms with van der Waals surface area (Å²) in [5, 5.41) is 9.40. The van der Waals surface area contributed by atoms with E-state index in [9.17, 15) is 5.11 Å². The van der Waals surface area contributed by atoms with Gasteiger partial charge in [-0.15, -0.1) is 0 Å². The molecule has 1 N–H and O–H groups in total. The van der Waals surface area contributed by atoms with Gasteiger partial charge < -0.3 is 9.84 Å². The van der Waals surface area contributed by atoms with E-state index >= 15 is 0 Å². The highest BCUT2D eigenvalue weighted by Crippen LogP contribution is 2.18. The van der Waals surface area contributed by atoms with Crippen molar-refractivity contribution in [2.24, 2.45) is 0 Å². The number of hydrogen-bond acceptors (Lipinski definition) is 2. The average molecular weight is 142 g/mol. The van der Waals surface area contributed by atoms with E-state index in [4.69, 9.17) is 4.74 Å². The maximum Gasteiger partial charge on any atom is 0.101 e. The van der Waals surface area contributed by atoms with Crippen molar-refractivity contribution in [2.45, 2.75) is 32.0 Å². The van der Waals surface area contributed by atoms with E-state index in [0.29, 0.717) is 0 Å². The first-order chi connectivity index (χ1) is 4.72. The summed E-state index contributed by atoms with van der Waals surface area (Å²) < 4.78 is 5.27. The molecule has 2 unspecified atom stereocenters. The zero-order valence-electron chi connectivity index (χ0n) is 6.34. The van der Waals surface area contributed by atoms with Crippen molar-refractivity contribution < 1.29 is 9.84 Å². The van der Waals surface area contributed by atoms with E-state index in [2.05, 4.69) is 6.58 Å². The van der Waals surface area contributed by atoms with Crippen molar-refractivity contribution >= 4 is 0 Å². The SMILES string of the molecule is C=C(C)C(O)C1CCCO1. The quantitative estimate of drug-likeness (QED) is 0.585. The van der Waals surface area contributed by atoms with Crippen LogP contribution in [0.2, 0.25) is 0 Å². The second-order valence-electron chi connectivity index (χ2n) is 2.84. The summed E-state index contributed by atoms with van der Waals surface area (Å²) in [6.07, 6.45) is 1.59. The molecule has 1 rings (SSSR count). The minimum Gasteiger partial charge on any atom is -0.386 e. The molecule has 0 spiro atoms. The van der Waals surface area contributed by atoms with E-state index in [1.165, 1.54) is 0 Å². The van der Waals surface area contributed by atoms with Gasteiger partial charge in [0, 0.05) is 6.61 Å². The highest BCUT2D eigenvalue weighted by atomic mass is 16.5. The van der Waals surface area contributed by atoms with E-state index in [-0.39, 0.29) is 6.10 Å². The Labute approximate surface area is 61.5 Å². The Balaban J connectivity index is 2.39. The van der Waals surface area contributed by atoms with Crippen molar-refractivity contribution in [1.82, 2.24) is 0 Å². The minimum atomic E-state index is -0.456. The van der Waals surface area contributed by atoms with Crippen LogP contribution in [0.3, 0.4) is 0 Å². The van der Waals surface area contributed by atoms with Crippen LogP contribution in [0.25, 0.3) is 0 Å². The summed E-state index contributed by atoms with van der Waals surface area (Å²) >= 11 is 0. The third kappa shape index (κ3) is 1.58. The Morgan fingerprint density at radius 2 is 2.50 bits per heavy atom. The fourth-order valence-electron chi connectivity index (χ4n) is 1.17. The van der Waals surface area contributed by atoms with Crippen molar-refractivity contribution in [3.05, 3.63) is 12.2 Å². The number of aliphatic hydroxyl groups excluding tert-OH is 1. The van der Waals surface area contributed by atoms with Gasteiger partial charge in [0.15, 0.2) is 0 Å². The summed E-state index contributed by atoms with van der Waals surface area (Å²) in [5.74, 6) is 0. The maximum atomic E-state index is 9.40. The Hall–Kier alpha value is -0.340. The molecule has 2 atom stereocenters. The van der Waals surface area contributed by atoms with Crippen LogP contribution in [0.15, 0.2) is 12.2 Å². The fraction of sp³-hybridized carbons (Fsp3) is 0.750. The molecule has 0 aromatic heterocycles. The van der Waals surface area contributed by atoms with E-state index in [0.717, 1.165) is 25.0 Å². The Morgan fingerprint density at radius 1 is 1.80 bits per heavy atom. The largest absolute Gasteiger partial charge is 0.386 e. The standard InChI is InChI=1S/C8H14O2/c1-6(2)8(9)7-4-3-5-10-7/h7-9H,1,3-5H2,2H3. The van der Waals surface area contributed by atoms with Crippen LogP contribution in [0, 0.1) is 0 Å². The highest BCUT2D eigenvalue weighted by Gasteiger charge is 2.23. The van der Waals surface area contributed by atoms with E-state index in [1.807, 2.05) is 6.92 Å². The Bertz CT molecular complexity index is 125. The number of aliphatic hydroxyl groups is 1. The molecule has 1 saturated heterocycles. The van der Waals surface area contributed by atoms with Gasteiger partial charge in [0.2, 0.25) is 0 Å². The molecule has 1 fully saturated rings. The smallest absolute Gasteiger partial charge is 0.101 e. The molecular formula is C8H14O2. The van der Waals surface area contributed by atoms with Crippen LogP contribution >= 0.6 is 0 Å². The third-order valence-corrected chi connectivity index (χ3v) is 1.82. The third-order valence-electron chi connectivity index (χ3n) is 1.82. The molecular weight excluding hydrogens is 128 g/mol. The fourth-order valence-corrected chi connectivity index (χ4v) is 1.17. The lowest BCUT2D eigenvalue weighted by molar-refractivity contribution is 0.0175. The Kier molecular flexibility index (Phi) is 2.46. The lowest BCUT2D eigenvalue weighted by atomic mass is 10.1. The van der Waals surface area contributed by atoms with Gasteiger partial charge in [-0.1, -0.05) is 6.58 Å². The monoisotopic (exact) mass is 142 g/mol. The first-order valence-corrected chi connectivity index (χ1v) is 3.67. The summed E-state index contributed by atoms with van der Waals surface area (Å²) in [5.41, 5.74) is 0.798. The van der Waals surface area contributed by atoms with Crippen molar-refractivity contribution in [3.8, 4) is 0 Å². The first kappa shape index (κ1) is 7.76. The normalized spacial score (nSPS) is 28.4. The second kappa shape index (κ2) is 3.17. The molecule has 1 aliphatic heterocycles. The molecule has 1 heterocycles. The van der Waals surface area contributed by atoms with Crippen LogP contribution in [-0.2, 0) is 4.74 Å². The van der Waals surface area contributed by atoms with Gasteiger partial charge >= 0.3 is 0 Å². The zero-order valence-corrected chi connectivity index (χ0v) is 6.34. The van der Waals surface area contributed by atoms with Crippen molar-refractivity contribution in [1.29, 1.82) is 0 Å². The van der Waals surface area contributed by atoms with Crippen LogP contribution < -0.4 is 0 Å². The number of rotatable bonds is 2. The lowest BCUT2D eigenvalue weighted by Crippen LogP contribution is -2.25. The van der Waals surface area contributed by atoms with Crippen LogP contribution in [0.1, 0.15) is 19.8 Å². The first-order valence-electron chi connectivity index (χ1n) is 3.67. The second-order valence-corrected chi connectivity index (χ2v) is 2.84. The van der Waals surface area contributed by atoms with Gasteiger partial charge in [-0.2, -0.15) is 0 Å². The predicted molar refractivity (Wildman–Crippen MR) is 39.8 cm³/mol.